The van der Waals surface area contributed by atoms with E-state index in [0.717, 1.165) is 13.0 Å². The maximum atomic E-state index is 9.14. The number of nitrogens with zero attached hydrogens (tertiary/aromatic N) is 1. The summed E-state index contributed by atoms with van der Waals surface area (Å²) in [6.07, 6.45) is 0.906. The molecule has 0 saturated carbocycles. The fourth-order valence-corrected chi connectivity index (χ4v) is 1.99. The van der Waals surface area contributed by atoms with Crippen molar-refractivity contribution in [2.45, 2.75) is 44.8 Å². The minimum absolute atomic E-state index is 0.0946. The normalized spacial score (nSPS) is 38.0. The predicted molar refractivity (Wildman–Crippen MR) is 49.9 cm³/mol. The molecule has 1 heterocycles. The van der Waals surface area contributed by atoms with Crippen molar-refractivity contribution in [3.63, 3.8) is 0 Å². The molecule has 1 saturated heterocycles. The molecule has 1 fully saturated rings. The van der Waals surface area contributed by atoms with E-state index >= 15 is 0 Å². The van der Waals surface area contributed by atoms with Gasteiger partial charge in [-0.25, -0.2) is 0 Å². The number of likely N-dealkylation sites (tertiary alicyclic amines) is 1. The lowest BCUT2D eigenvalue weighted by Crippen LogP contribution is -2.53. The lowest BCUT2D eigenvalue weighted by atomic mass is 9.94. The number of aliphatic hydroxyl groups is 1. The smallest absolute Gasteiger partial charge is 0.0626 e. The zero-order chi connectivity index (χ0) is 9.35. The average molecular weight is 172 g/mol. The summed E-state index contributed by atoms with van der Waals surface area (Å²) in [7, 11) is 0. The van der Waals surface area contributed by atoms with Gasteiger partial charge in [0.25, 0.3) is 0 Å². The summed E-state index contributed by atoms with van der Waals surface area (Å²) in [5.41, 5.74) is 5.67. The third kappa shape index (κ3) is 1.49. The van der Waals surface area contributed by atoms with Gasteiger partial charge in [0, 0.05) is 18.6 Å². The molecular weight excluding hydrogens is 152 g/mol. The molecule has 3 heteroatoms. The number of nitrogens with two attached hydrogens (primary N) is 1. The molecular formula is C9H20N2O. The first-order valence-corrected chi connectivity index (χ1v) is 4.67. The maximum Gasteiger partial charge on any atom is 0.0626 e. The Morgan fingerprint density at radius 1 is 1.67 bits per heavy atom. The Morgan fingerprint density at radius 2 is 2.25 bits per heavy atom. The first kappa shape index (κ1) is 9.96. The van der Waals surface area contributed by atoms with Crippen LogP contribution >= 0.6 is 0 Å². The highest BCUT2D eigenvalue weighted by molar-refractivity contribution is 5.01. The second-order valence-electron chi connectivity index (χ2n) is 4.15. The molecule has 1 aliphatic rings. The number of hydrogen-bond acceptors (Lipinski definition) is 3. The van der Waals surface area contributed by atoms with Crippen LogP contribution in [0, 0.1) is 0 Å². The zero-order valence-corrected chi connectivity index (χ0v) is 8.25. The van der Waals surface area contributed by atoms with Gasteiger partial charge in [0.1, 0.15) is 0 Å². The molecule has 12 heavy (non-hydrogen) atoms. The third-order valence-electron chi connectivity index (χ3n) is 3.12. The molecule has 0 radical (unpaired) electrons. The van der Waals surface area contributed by atoms with Crippen LogP contribution in [0.15, 0.2) is 0 Å². The molecule has 0 bridgehead atoms. The molecule has 72 valence electrons. The minimum atomic E-state index is -0.371. The minimum Gasteiger partial charge on any atom is -0.394 e. The monoisotopic (exact) mass is 172 g/mol. The summed E-state index contributed by atoms with van der Waals surface area (Å²) < 4.78 is 0. The fourth-order valence-electron chi connectivity index (χ4n) is 1.99. The average Bonchev–Trinajstić information content (AvgIpc) is 2.30. The van der Waals surface area contributed by atoms with Crippen molar-refractivity contribution >= 4 is 0 Å². The van der Waals surface area contributed by atoms with Gasteiger partial charge in [-0.3, -0.25) is 4.90 Å². The molecule has 1 aliphatic heterocycles. The molecule has 0 aromatic rings. The molecule has 0 aromatic heterocycles. The molecule has 0 amide bonds. The van der Waals surface area contributed by atoms with Crippen LogP contribution < -0.4 is 5.73 Å². The van der Waals surface area contributed by atoms with Crippen molar-refractivity contribution in [3.8, 4) is 0 Å². The van der Waals surface area contributed by atoms with Gasteiger partial charge in [-0.2, -0.15) is 0 Å². The Morgan fingerprint density at radius 3 is 2.50 bits per heavy atom. The summed E-state index contributed by atoms with van der Waals surface area (Å²) in [5, 5.41) is 9.14. The highest BCUT2D eigenvalue weighted by atomic mass is 16.3. The van der Waals surface area contributed by atoms with Crippen molar-refractivity contribution in [2.24, 2.45) is 5.73 Å². The van der Waals surface area contributed by atoms with Gasteiger partial charge in [0.15, 0.2) is 0 Å². The number of aliphatic hydroxyl groups excluding tert-OH is 1. The van der Waals surface area contributed by atoms with E-state index in [-0.39, 0.29) is 12.1 Å². The molecule has 0 aromatic carbocycles. The third-order valence-corrected chi connectivity index (χ3v) is 3.12. The predicted octanol–water partition coefficient (Wildman–Crippen LogP) is 0.179. The van der Waals surface area contributed by atoms with Crippen molar-refractivity contribution < 1.29 is 5.11 Å². The number of rotatable bonds is 2. The molecule has 3 nitrogen and oxygen atoms in total. The van der Waals surface area contributed by atoms with Crippen molar-refractivity contribution in [1.29, 1.82) is 0 Å². The van der Waals surface area contributed by atoms with Gasteiger partial charge < -0.3 is 10.8 Å². The Bertz CT molecular complexity index is 161. The second-order valence-corrected chi connectivity index (χ2v) is 4.15. The first-order chi connectivity index (χ1) is 5.51. The fraction of sp³-hybridized carbons (Fsp3) is 1.00. The summed E-state index contributed by atoms with van der Waals surface area (Å²) in [6.45, 7) is 7.54. The van der Waals surface area contributed by atoms with Gasteiger partial charge in [-0.1, -0.05) is 0 Å². The lowest BCUT2D eigenvalue weighted by Gasteiger charge is -2.33. The highest BCUT2D eigenvalue weighted by Gasteiger charge is 2.41. The van der Waals surface area contributed by atoms with Gasteiger partial charge >= 0.3 is 0 Å². The van der Waals surface area contributed by atoms with Crippen LogP contribution in [0.4, 0.5) is 0 Å². The van der Waals surface area contributed by atoms with E-state index in [4.69, 9.17) is 10.8 Å². The summed E-state index contributed by atoms with van der Waals surface area (Å²) in [4.78, 5) is 2.34. The Kier molecular flexibility index (Phi) is 2.76. The van der Waals surface area contributed by atoms with Crippen LogP contribution in [0.5, 0.6) is 0 Å². The zero-order valence-electron chi connectivity index (χ0n) is 8.25. The topological polar surface area (TPSA) is 49.5 Å². The van der Waals surface area contributed by atoms with Crippen LogP contribution in [-0.4, -0.2) is 40.8 Å². The summed E-state index contributed by atoms with van der Waals surface area (Å²) >= 11 is 0. The van der Waals surface area contributed by atoms with E-state index in [1.165, 1.54) is 0 Å². The van der Waals surface area contributed by atoms with E-state index in [9.17, 15) is 0 Å². The first-order valence-electron chi connectivity index (χ1n) is 4.67. The molecule has 2 atom stereocenters. The van der Waals surface area contributed by atoms with Crippen LogP contribution in [-0.2, 0) is 0 Å². The van der Waals surface area contributed by atoms with Crippen molar-refractivity contribution in [3.05, 3.63) is 0 Å². The summed E-state index contributed by atoms with van der Waals surface area (Å²) in [6, 6.07) is 0.819. The SMILES string of the molecule is CC(C)N1CCC(N)(CO)C1C. The Hall–Kier alpha value is -0.120. The highest BCUT2D eigenvalue weighted by Crippen LogP contribution is 2.27. The second kappa shape index (κ2) is 3.32. The van der Waals surface area contributed by atoms with Gasteiger partial charge in [0.05, 0.1) is 12.1 Å². The van der Waals surface area contributed by atoms with Gasteiger partial charge in [-0.15, -0.1) is 0 Å². The van der Waals surface area contributed by atoms with E-state index in [1.54, 1.807) is 0 Å². The quantitative estimate of drug-likeness (QED) is 0.624. The van der Waals surface area contributed by atoms with E-state index < -0.39 is 0 Å². The molecule has 1 rings (SSSR count). The largest absolute Gasteiger partial charge is 0.394 e. The lowest BCUT2D eigenvalue weighted by molar-refractivity contribution is 0.133. The molecule has 0 spiro atoms. The van der Waals surface area contributed by atoms with Crippen LogP contribution in [0.3, 0.4) is 0 Å². The van der Waals surface area contributed by atoms with Gasteiger partial charge in [-0.05, 0) is 27.2 Å². The standard InChI is InChI=1S/C9H20N2O/c1-7(2)11-5-4-9(10,6-12)8(11)3/h7-8,12H,4-6,10H2,1-3H3. The van der Waals surface area contributed by atoms with E-state index in [1.807, 2.05) is 0 Å². The van der Waals surface area contributed by atoms with Gasteiger partial charge in [0.2, 0.25) is 0 Å². The molecule has 3 N–H and O–H groups in total. The van der Waals surface area contributed by atoms with E-state index in [2.05, 4.69) is 25.7 Å². The van der Waals surface area contributed by atoms with E-state index in [0.29, 0.717) is 12.1 Å². The van der Waals surface area contributed by atoms with Crippen LogP contribution in [0.25, 0.3) is 0 Å². The Labute approximate surface area is 74.5 Å². The molecule has 2 unspecified atom stereocenters. The van der Waals surface area contributed by atoms with Crippen molar-refractivity contribution in [1.82, 2.24) is 4.90 Å². The number of hydrogen-bond donors (Lipinski definition) is 2. The maximum absolute atomic E-state index is 9.14. The Balaban J connectivity index is 2.66. The molecule has 0 aliphatic carbocycles. The van der Waals surface area contributed by atoms with Crippen LogP contribution in [0.2, 0.25) is 0 Å². The van der Waals surface area contributed by atoms with Crippen LogP contribution in [0.1, 0.15) is 27.2 Å². The summed E-state index contributed by atoms with van der Waals surface area (Å²) in [5.74, 6) is 0. The van der Waals surface area contributed by atoms with Crippen molar-refractivity contribution in [2.75, 3.05) is 13.2 Å².